The Kier molecular flexibility index (Phi) is 5.72. The summed E-state index contributed by atoms with van der Waals surface area (Å²) in [5.41, 5.74) is 3.59. The molecule has 1 aliphatic rings. The second kappa shape index (κ2) is 7.98. The van der Waals surface area contributed by atoms with Crippen LogP contribution in [0.5, 0.6) is 0 Å². The molecule has 2 aromatic rings. The predicted molar refractivity (Wildman–Crippen MR) is 101 cm³/mol. The van der Waals surface area contributed by atoms with Gasteiger partial charge in [0.2, 0.25) is 0 Å². The van der Waals surface area contributed by atoms with Crippen molar-refractivity contribution in [3.63, 3.8) is 0 Å². The molecule has 2 N–H and O–H groups in total. The standard InChI is InChI=1S/C21H24ClNO/c1-15(21(24)17-5-3-2-4-6-17)13-20-14-18(11-12-23-20)16-7-9-19(22)10-8-16/h2-11,15,20-21,23-24H,12-14H2,1H3. The largest absolute Gasteiger partial charge is 0.388 e. The minimum Gasteiger partial charge on any atom is -0.388 e. The van der Waals surface area contributed by atoms with Crippen LogP contribution in [0.3, 0.4) is 0 Å². The summed E-state index contributed by atoms with van der Waals surface area (Å²) in [6.07, 6.45) is 3.75. The van der Waals surface area contributed by atoms with Gasteiger partial charge in [0, 0.05) is 17.6 Å². The van der Waals surface area contributed by atoms with Gasteiger partial charge in [-0.1, -0.05) is 67.1 Å². The van der Waals surface area contributed by atoms with Crippen LogP contribution in [-0.2, 0) is 0 Å². The van der Waals surface area contributed by atoms with E-state index in [1.165, 1.54) is 11.1 Å². The molecule has 0 radical (unpaired) electrons. The number of hydrogen-bond donors (Lipinski definition) is 2. The van der Waals surface area contributed by atoms with Crippen LogP contribution < -0.4 is 5.32 Å². The van der Waals surface area contributed by atoms with E-state index in [9.17, 15) is 5.11 Å². The Morgan fingerprint density at radius 3 is 2.54 bits per heavy atom. The number of nitrogens with one attached hydrogen (secondary N) is 1. The minimum absolute atomic E-state index is 0.203. The Morgan fingerprint density at radius 1 is 1.12 bits per heavy atom. The van der Waals surface area contributed by atoms with Crippen LogP contribution in [0.25, 0.3) is 5.57 Å². The van der Waals surface area contributed by atoms with E-state index in [0.29, 0.717) is 6.04 Å². The van der Waals surface area contributed by atoms with E-state index in [4.69, 9.17) is 11.6 Å². The Balaban J connectivity index is 1.62. The summed E-state index contributed by atoms with van der Waals surface area (Å²) in [5.74, 6) is 0.203. The zero-order valence-electron chi connectivity index (χ0n) is 14.0. The van der Waals surface area contributed by atoms with Crippen molar-refractivity contribution in [1.82, 2.24) is 5.32 Å². The summed E-state index contributed by atoms with van der Waals surface area (Å²) in [6, 6.07) is 18.4. The summed E-state index contributed by atoms with van der Waals surface area (Å²) in [6.45, 7) is 3.00. The third kappa shape index (κ3) is 4.27. The number of hydrogen-bond acceptors (Lipinski definition) is 2. The summed E-state index contributed by atoms with van der Waals surface area (Å²) in [5, 5.41) is 14.9. The summed E-state index contributed by atoms with van der Waals surface area (Å²) in [7, 11) is 0. The normalized spacial score (nSPS) is 20.3. The first kappa shape index (κ1) is 17.2. The second-order valence-corrected chi connectivity index (χ2v) is 7.05. The van der Waals surface area contributed by atoms with Gasteiger partial charge in [-0.15, -0.1) is 0 Å². The van der Waals surface area contributed by atoms with Crippen LogP contribution in [0, 0.1) is 5.92 Å². The molecular weight excluding hydrogens is 318 g/mol. The Hall–Kier alpha value is -1.61. The fraction of sp³-hybridized carbons (Fsp3) is 0.333. The number of halogens is 1. The topological polar surface area (TPSA) is 32.3 Å². The molecular formula is C21H24ClNO. The predicted octanol–water partition coefficient (Wildman–Crippen LogP) is 4.85. The third-order valence-electron chi connectivity index (χ3n) is 4.77. The van der Waals surface area contributed by atoms with Crippen LogP contribution in [0.4, 0.5) is 0 Å². The molecule has 3 atom stereocenters. The highest BCUT2D eigenvalue weighted by Gasteiger charge is 2.23. The van der Waals surface area contributed by atoms with Gasteiger partial charge < -0.3 is 10.4 Å². The molecule has 0 fully saturated rings. The van der Waals surface area contributed by atoms with Crippen molar-refractivity contribution in [2.24, 2.45) is 5.92 Å². The van der Waals surface area contributed by atoms with Gasteiger partial charge in [0.1, 0.15) is 0 Å². The summed E-state index contributed by atoms with van der Waals surface area (Å²) in [4.78, 5) is 0. The molecule has 3 heteroatoms. The van der Waals surface area contributed by atoms with Gasteiger partial charge in [0.25, 0.3) is 0 Å². The Morgan fingerprint density at radius 2 is 1.83 bits per heavy atom. The Labute approximate surface area is 149 Å². The van der Waals surface area contributed by atoms with Gasteiger partial charge in [0.05, 0.1) is 6.10 Å². The van der Waals surface area contributed by atoms with Gasteiger partial charge in [-0.25, -0.2) is 0 Å². The molecule has 1 aliphatic heterocycles. The SMILES string of the molecule is CC(CC1CC(c2ccc(Cl)cc2)=CCN1)C(O)c1ccccc1. The molecule has 24 heavy (non-hydrogen) atoms. The van der Waals surface area contributed by atoms with Crippen LogP contribution in [0.1, 0.15) is 37.0 Å². The zero-order valence-corrected chi connectivity index (χ0v) is 14.7. The molecule has 0 aliphatic carbocycles. The van der Waals surface area contributed by atoms with E-state index in [0.717, 1.165) is 30.0 Å². The number of benzene rings is 2. The Bertz CT molecular complexity index is 681. The summed E-state index contributed by atoms with van der Waals surface area (Å²) >= 11 is 5.98. The first-order valence-corrected chi connectivity index (χ1v) is 8.92. The molecule has 2 nitrogen and oxygen atoms in total. The van der Waals surface area contributed by atoms with E-state index in [1.807, 2.05) is 42.5 Å². The second-order valence-electron chi connectivity index (χ2n) is 6.61. The van der Waals surface area contributed by atoms with Crippen LogP contribution in [-0.4, -0.2) is 17.7 Å². The first-order chi connectivity index (χ1) is 11.6. The van der Waals surface area contributed by atoms with Crippen molar-refractivity contribution in [2.45, 2.75) is 31.9 Å². The van der Waals surface area contributed by atoms with Crippen LogP contribution in [0.15, 0.2) is 60.7 Å². The lowest BCUT2D eigenvalue weighted by atomic mass is 9.86. The fourth-order valence-corrected chi connectivity index (χ4v) is 3.52. The molecule has 0 spiro atoms. The average molecular weight is 342 g/mol. The number of aliphatic hydroxyl groups excluding tert-OH is 1. The van der Waals surface area contributed by atoms with Crippen LogP contribution in [0.2, 0.25) is 5.02 Å². The smallest absolute Gasteiger partial charge is 0.0816 e. The highest BCUT2D eigenvalue weighted by molar-refractivity contribution is 6.30. The lowest BCUT2D eigenvalue weighted by molar-refractivity contribution is 0.106. The van der Waals surface area contributed by atoms with E-state index >= 15 is 0 Å². The van der Waals surface area contributed by atoms with Crippen molar-refractivity contribution in [1.29, 1.82) is 0 Å². The third-order valence-corrected chi connectivity index (χ3v) is 5.02. The van der Waals surface area contributed by atoms with E-state index in [1.54, 1.807) is 0 Å². The highest BCUT2D eigenvalue weighted by atomic mass is 35.5. The van der Waals surface area contributed by atoms with Crippen molar-refractivity contribution >= 4 is 17.2 Å². The van der Waals surface area contributed by atoms with E-state index in [-0.39, 0.29) is 5.92 Å². The molecule has 2 aromatic carbocycles. The highest BCUT2D eigenvalue weighted by Crippen LogP contribution is 2.30. The number of rotatable bonds is 5. The maximum atomic E-state index is 10.6. The van der Waals surface area contributed by atoms with Crippen molar-refractivity contribution in [3.8, 4) is 0 Å². The van der Waals surface area contributed by atoms with Crippen molar-refractivity contribution in [2.75, 3.05) is 6.54 Å². The van der Waals surface area contributed by atoms with Gasteiger partial charge in [-0.2, -0.15) is 0 Å². The maximum absolute atomic E-state index is 10.6. The van der Waals surface area contributed by atoms with Crippen molar-refractivity contribution in [3.05, 3.63) is 76.8 Å². The van der Waals surface area contributed by atoms with Crippen LogP contribution >= 0.6 is 11.6 Å². The lowest BCUT2D eigenvalue weighted by Crippen LogP contribution is -2.35. The van der Waals surface area contributed by atoms with E-state index in [2.05, 4.69) is 30.4 Å². The molecule has 3 unspecified atom stereocenters. The molecule has 0 bridgehead atoms. The maximum Gasteiger partial charge on any atom is 0.0816 e. The van der Waals surface area contributed by atoms with Gasteiger partial charge in [-0.3, -0.25) is 0 Å². The van der Waals surface area contributed by atoms with Gasteiger partial charge in [0.15, 0.2) is 0 Å². The quantitative estimate of drug-likeness (QED) is 0.815. The summed E-state index contributed by atoms with van der Waals surface area (Å²) < 4.78 is 0. The van der Waals surface area contributed by atoms with Gasteiger partial charge >= 0.3 is 0 Å². The van der Waals surface area contributed by atoms with Gasteiger partial charge in [-0.05, 0) is 47.6 Å². The molecule has 0 aromatic heterocycles. The average Bonchev–Trinajstić information content (AvgIpc) is 2.62. The minimum atomic E-state index is -0.419. The number of aliphatic hydroxyl groups is 1. The van der Waals surface area contributed by atoms with Crippen molar-refractivity contribution < 1.29 is 5.11 Å². The molecule has 3 rings (SSSR count). The monoisotopic (exact) mass is 341 g/mol. The molecule has 0 amide bonds. The van der Waals surface area contributed by atoms with E-state index < -0.39 is 6.10 Å². The zero-order chi connectivity index (χ0) is 16.9. The molecule has 0 saturated heterocycles. The lowest BCUT2D eigenvalue weighted by Gasteiger charge is -2.29. The molecule has 126 valence electrons. The fourth-order valence-electron chi connectivity index (χ4n) is 3.39. The molecule has 1 heterocycles. The first-order valence-electron chi connectivity index (χ1n) is 8.55. The molecule has 0 saturated carbocycles.